The molecule has 0 unspecified atom stereocenters. The third kappa shape index (κ3) is 6.04. The molecule has 0 saturated heterocycles. The van der Waals surface area contributed by atoms with Crippen LogP contribution in [0.25, 0.3) is 0 Å². The fraction of sp³-hybridized carbons (Fsp3) is 0.263. The molecule has 1 saturated carbocycles. The van der Waals surface area contributed by atoms with Gasteiger partial charge >= 0.3 is 6.18 Å². The Morgan fingerprint density at radius 3 is 2.23 bits per heavy atom. The van der Waals surface area contributed by atoms with Gasteiger partial charge in [-0.15, -0.1) is 0 Å². The largest absolute Gasteiger partial charge is 0.402 e. The highest BCUT2D eigenvalue weighted by molar-refractivity contribution is 7.89. The topological polar surface area (TPSA) is 104 Å². The molecule has 0 aliphatic heterocycles. The lowest BCUT2D eigenvalue weighted by Crippen LogP contribution is -2.33. The molecule has 11 heteroatoms. The Morgan fingerprint density at radius 1 is 0.967 bits per heavy atom. The van der Waals surface area contributed by atoms with Gasteiger partial charge in [0.2, 0.25) is 15.9 Å². The minimum atomic E-state index is -4.67. The number of carbonyl (C=O) groups excluding carboxylic acids is 2. The summed E-state index contributed by atoms with van der Waals surface area (Å²) < 4.78 is 61.9. The van der Waals surface area contributed by atoms with Gasteiger partial charge in [-0.3, -0.25) is 9.59 Å². The molecule has 3 N–H and O–H groups in total. The van der Waals surface area contributed by atoms with Gasteiger partial charge in [-0.1, -0.05) is 6.07 Å². The van der Waals surface area contributed by atoms with Gasteiger partial charge in [0.25, 0.3) is 5.91 Å². The van der Waals surface area contributed by atoms with Crippen LogP contribution in [-0.4, -0.2) is 33.0 Å². The average Bonchev–Trinajstić information content (AvgIpc) is 3.52. The van der Waals surface area contributed by atoms with Gasteiger partial charge in [-0.05, 0) is 55.3 Å². The van der Waals surface area contributed by atoms with Crippen molar-refractivity contribution in [3.05, 3.63) is 54.1 Å². The van der Waals surface area contributed by atoms with E-state index in [0.717, 1.165) is 25.0 Å². The van der Waals surface area contributed by atoms with Crippen molar-refractivity contribution in [1.82, 2.24) is 4.72 Å². The van der Waals surface area contributed by atoms with Gasteiger partial charge in [0.1, 0.15) is 6.54 Å². The Labute approximate surface area is 170 Å². The van der Waals surface area contributed by atoms with Crippen molar-refractivity contribution in [3.63, 3.8) is 0 Å². The van der Waals surface area contributed by atoms with E-state index in [1.165, 1.54) is 22.9 Å². The fourth-order valence-electron chi connectivity index (χ4n) is 2.51. The smallest absolute Gasteiger partial charge is 0.326 e. The van der Waals surface area contributed by atoms with Crippen LogP contribution in [0.3, 0.4) is 0 Å². The first-order valence-electron chi connectivity index (χ1n) is 8.92. The molecule has 0 aromatic heterocycles. The molecule has 7 nitrogen and oxygen atoms in total. The molecule has 2 aromatic carbocycles. The third-order valence-corrected chi connectivity index (χ3v) is 5.64. The Balaban J connectivity index is 1.64. The molecular formula is C19H18F3N3O4S. The fourth-order valence-corrected chi connectivity index (χ4v) is 3.52. The predicted octanol–water partition coefficient (Wildman–Crippen LogP) is 3.13. The van der Waals surface area contributed by atoms with E-state index in [4.69, 9.17) is 0 Å². The maximum Gasteiger partial charge on any atom is 0.402 e. The van der Waals surface area contributed by atoms with E-state index >= 15 is 0 Å². The average molecular weight is 441 g/mol. The summed E-state index contributed by atoms with van der Waals surface area (Å²) in [7, 11) is -4.33. The number of amides is 2. The van der Waals surface area contributed by atoms with Crippen LogP contribution >= 0.6 is 0 Å². The number of benzene rings is 2. The number of alkyl halides is 3. The van der Waals surface area contributed by atoms with Crippen LogP contribution in [-0.2, 0) is 14.8 Å². The van der Waals surface area contributed by atoms with E-state index in [1.54, 1.807) is 18.2 Å². The van der Waals surface area contributed by atoms with Crippen LogP contribution in [0.4, 0.5) is 24.5 Å². The number of hydrogen-bond donors (Lipinski definition) is 3. The Hall–Kier alpha value is -2.92. The van der Waals surface area contributed by atoms with E-state index in [0.29, 0.717) is 5.69 Å². The van der Waals surface area contributed by atoms with Crippen LogP contribution in [0.1, 0.15) is 23.2 Å². The Morgan fingerprint density at radius 2 is 1.63 bits per heavy atom. The molecule has 1 aliphatic rings. The Bertz CT molecular complexity index is 1050. The van der Waals surface area contributed by atoms with E-state index in [1.807, 2.05) is 0 Å². The monoisotopic (exact) mass is 441 g/mol. The van der Waals surface area contributed by atoms with Crippen LogP contribution < -0.4 is 15.4 Å². The van der Waals surface area contributed by atoms with Crippen molar-refractivity contribution in [2.24, 2.45) is 5.92 Å². The molecular weight excluding hydrogens is 423 g/mol. The first kappa shape index (κ1) is 21.8. The van der Waals surface area contributed by atoms with Gasteiger partial charge in [-0.25, -0.2) is 13.1 Å². The molecule has 30 heavy (non-hydrogen) atoms. The molecule has 0 heterocycles. The zero-order valence-corrected chi connectivity index (χ0v) is 16.3. The van der Waals surface area contributed by atoms with Gasteiger partial charge in [-0.2, -0.15) is 13.2 Å². The predicted molar refractivity (Wildman–Crippen MR) is 103 cm³/mol. The van der Waals surface area contributed by atoms with Crippen LogP contribution in [0.15, 0.2) is 53.4 Å². The summed E-state index contributed by atoms with van der Waals surface area (Å²) in [6.45, 7) is -1.68. The SMILES string of the molecule is O=C(Nc1ccc(S(=O)(=O)NCC(F)(F)F)cc1)c1cccc(NC(=O)C2CC2)c1. The maximum atomic E-state index is 12.4. The summed E-state index contributed by atoms with van der Waals surface area (Å²) in [4.78, 5) is 23.9. The second-order valence-corrected chi connectivity index (χ2v) is 8.53. The van der Waals surface area contributed by atoms with Gasteiger partial charge in [0, 0.05) is 22.9 Å². The number of nitrogens with one attached hydrogen (secondary N) is 3. The van der Waals surface area contributed by atoms with Gasteiger partial charge in [0.05, 0.1) is 4.90 Å². The summed E-state index contributed by atoms with van der Waals surface area (Å²) >= 11 is 0. The first-order chi connectivity index (χ1) is 14.0. The summed E-state index contributed by atoms with van der Waals surface area (Å²) in [6, 6.07) is 11.0. The second-order valence-electron chi connectivity index (χ2n) is 6.76. The Kier molecular flexibility index (Phi) is 6.13. The van der Waals surface area contributed by atoms with Crippen molar-refractivity contribution in [3.8, 4) is 0 Å². The lowest BCUT2D eigenvalue weighted by Gasteiger charge is -2.11. The minimum absolute atomic E-state index is 0.0166. The lowest BCUT2D eigenvalue weighted by atomic mass is 10.1. The van der Waals surface area contributed by atoms with E-state index in [9.17, 15) is 31.2 Å². The van der Waals surface area contributed by atoms with Crippen molar-refractivity contribution in [2.45, 2.75) is 23.9 Å². The zero-order chi connectivity index (χ0) is 21.9. The highest BCUT2D eigenvalue weighted by Crippen LogP contribution is 2.30. The molecule has 1 aliphatic carbocycles. The van der Waals surface area contributed by atoms with Crippen LogP contribution in [0.5, 0.6) is 0 Å². The number of halogens is 3. The van der Waals surface area contributed by atoms with Gasteiger partial charge in [0.15, 0.2) is 0 Å². The number of hydrogen-bond acceptors (Lipinski definition) is 4. The van der Waals surface area contributed by atoms with Crippen molar-refractivity contribution < 1.29 is 31.2 Å². The summed E-state index contributed by atoms with van der Waals surface area (Å²) in [6.07, 6.45) is -2.97. The van der Waals surface area contributed by atoms with E-state index < -0.39 is 28.7 Å². The standard InChI is InChI=1S/C19H18F3N3O4S/c20-19(21,22)11-23-30(28,29)16-8-6-14(7-9-16)24-18(27)13-2-1-3-15(10-13)25-17(26)12-4-5-12/h1-3,6-10,12,23H,4-5,11H2,(H,24,27)(H,25,26). The minimum Gasteiger partial charge on any atom is -0.326 e. The normalized spacial score (nSPS) is 14.2. The zero-order valence-electron chi connectivity index (χ0n) is 15.5. The molecule has 2 aromatic rings. The van der Waals surface area contributed by atoms with Crippen molar-refractivity contribution in [1.29, 1.82) is 0 Å². The molecule has 160 valence electrons. The lowest BCUT2D eigenvalue weighted by molar-refractivity contribution is -0.121. The maximum absolute atomic E-state index is 12.4. The van der Waals surface area contributed by atoms with E-state index in [-0.39, 0.29) is 28.0 Å². The molecule has 0 atom stereocenters. The number of anilines is 2. The number of carbonyl (C=O) groups is 2. The molecule has 0 spiro atoms. The van der Waals surface area contributed by atoms with Crippen LogP contribution in [0, 0.1) is 5.92 Å². The molecule has 3 rings (SSSR count). The summed E-state index contributed by atoms with van der Waals surface area (Å²) in [5.41, 5.74) is 1.01. The molecule has 2 amide bonds. The first-order valence-corrected chi connectivity index (χ1v) is 10.4. The number of rotatable bonds is 7. The van der Waals surface area contributed by atoms with Gasteiger partial charge < -0.3 is 10.6 Å². The van der Waals surface area contributed by atoms with Crippen molar-refractivity contribution >= 4 is 33.2 Å². The quantitative estimate of drug-likeness (QED) is 0.614. The number of sulfonamides is 1. The summed E-state index contributed by atoms with van der Waals surface area (Å²) in [5.74, 6) is -0.574. The van der Waals surface area contributed by atoms with Crippen molar-refractivity contribution in [2.75, 3.05) is 17.2 Å². The highest BCUT2D eigenvalue weighted by atomic mass is 32.2. The molecule has 0 bridgehead atoms. The van der Waals surface area contributed by atoms with E-state index in [2.05, 4.69) is 10.6 Å². The summed E-state index contributed by atoms with van der Waals surface area (Å²) in [5, 5.41) is 5.30. The molecule has 0 radical (unpaired) electrons. The molecule has 1 fully saturated rings. The van der Waals surface area contributed by atoms with Crippen LogP contribution in [0.2, 0.25) is 0 Å². The highest BCUT2D eigenvalue weighted by Gasteiger charge is 2.30. The second kappa shape index (κ2) is 8.44. The third-order valence-electron chi connectivity index (χ3n) is 4.23.